The van der Waals surface area contributed by atoms with Gasteiger partial charge in [0.05, 0.1) is 6.61 Å². The van der Waals surface area contributed by atoms with Crippen molar-refractivity contribution in [2.45, 2.75) is 90.9 Å². The predicted molar refractivity (Wildman–Crippen MR) is 88.5 cm³/mol. The summed E-state index contributed by atoms with van der Waals surface area (Å²) in [5.74, 6) is -0.232. The molecule has 0 rings (SSSR count). The summed E-state index contributed by atoms with van der Waals surface area (Å²) in [6.07, 6.45) is 16.3. The van der Waals surface area contributed by atoms with Crippen molar-refractivity contribution in [3.05, 3.63) is 0 Å². The molecule has 0 aliphatic carbocycles. The molecule has 0 radical (unpaired) electrons. The fourth-order valence-electron chi connectivity index (χ4n) is 2.39. The Hall–Kier alpha value is -0.570. The molecule has 0 N–H and O–H groups in total. The number of esters is 1. The van der Waals surface area contributed by atoms with Crippen molar-refractivity contribution >= 4 is 5.97 Å². The van der Waals surface area contributed by atoms with Crippen LogP contribution >= 0.6 is 0 Å². The quantitative estimate of drug-likeness (QED) is 0.288. The summed E-state index contributed by atoms with van der Waals surface area (Å²) in [5, 5.41) is 0. The maximum absolute atomic E-state index is 10.5. The van der Waals surface area contributed by atoms with E-state index in [1.54, 1.807) is 0 Å². The topological polar surface area (TPSA) is 35.5 Å². The van der Waals surface area contributed by atoms with Gasteiger partial charge in [-0.3, -0.25) is 4.79 Å². The highest BCUT2D eigenvalue weighted by molar-refractivity contribution is 5.65. The average molecular weight is 300 g/mol. The fraction of sp³-hybridized carbons (Fsp3) is 0.944. The van der Waals surface area contributed by atoms with Crippen molar-refractivity contribution in [2.24, 2.45) is 0 Å². The van der Waals surface area contributed by atoms with Crippen molar-refractivity contribution in [1.82, 2.24) is 0 Å². The van der Waals surface area contributed by atoms with E-state index < -0.39 is 0 Å². The number of unbranched alkanes of at least 4 members (excludes halogenated alkanes) is 11. The first kappa shape index (κ1) is 20.4. The molecule has 0 saturated carbocycles. The van der Waals surface area contributed by atoms with Crippen LogP contribution in [0.25, 0.3) is 0 Å². The van der Waals surface area contributed by atoms with Gasteiger partial charge in [-0.25, -0.2) is 0 Å². The third kappa shape index (κ3) is 19.4. The molecule has 0 atom stereocenters. The zero-order chi connectivity index (χ0) is 15.6. The Labute approximate surface area is 131 Å². The maximum atomic E-state index is 10.5. The summed E-state index contributed by atoms with van der Waals surface area (Å²) in [4.78, 5) is 10.5. The van der Waals surface area contributed by atoms with Crippen LogP contribution in [0.5, 0.6) is 0 Å². The van der Waals surface area contributed by atoms with Crippen molar-refractivity contribution in [3.63, 3.8) is 0 Å². The molecule has 3 heteroatoms. The molecule has 0 aliphatic heterocycles. The van der Waals surface area contributed by atoms with Crippen molar-refractivity contribution in [3.8, 4) is 0 Å². The molecule has 126 valence electrons. The van der Waals surface area contributed by atoms with Crippen molar-refractivity contribution in [1.29, 1.82) is 0 Å². The van der Waals surface area contributed by atoms with Crippen LogP contribution in [0.1, 0.15) is 90.9 Å². The molecule has 0 saturated heterocycles. The second-order valence-corrected chi connectivity index (χ2v) is 5.84. The monoisotopic (exact) mass is 300 g/mol. The Balaban J connectivity index is 2.95. The minimum atomic E-state index is -0.232. The van der Waals surface area contributed by atoms with Gasteiger partial charge in [-0.2, -0.15) is 0 Å². The van der Waals surface area contributed by atoms with Gasteiger partial charge < -0.3 is 9.47 Å². The van der Waals surface area contributed by atoms with E-state index in [-0.39, 0.29) is 5.97 Å². The molecule has 0 heterocycles. The molecule has 0 unspecified atom stereocenters. The van der Waals surface area contributed by atoms with Gasteiger partial charge >= 0.3 is 5.97 Å². The molecular formula is C18H36O3. The van der Waals surface area contributed by atoms with Gasteiger partial charge in [0, 0.05) is 13.5 Å². The van der Waals surface area contributed by atoms with Gasteiger partial charge in [0.15, 0.2) is 0 Å². The van der Waals surface area contributed by atoms with Crippen LogP contribution in [0.4, 0.5) is 0 Å². The van der Waals surface area contributed by atoms with Gasteiger partial charge in [0.2, 0.25) is 0 Å². The van der Waals surface area contributed by atoms with Crippen LogP contribution in [0.15, 0.2) is 0 Å². The third-order valence-corrected chi connectivity index (χ3v) is 3.68. The van der Waals surface area contributed by atoms with Crippen LogP contribution in [-0.2, 0) is 14.3 Å². The first-order valence-electron chi connectivity index (χ1n) is 8.98. The van der Waals surface area contributed by atoms with Crippen LogP contribution < -0.4 is 0 Å². The molecule has 0 spiro atoms. The Kier molecular flexibility index (Phi) is 17.0. The molecule has 0 fully saturated rings. The Morgan fingerprint density at radius 2 is 1.14 bits per heavy atom. The Morgan fingerprint density at radius 3 is 1.62 bits per heavy atom. The summed E-state index contributed by atoms with van der Waals surface area (Å²) in [7, 11) is 0. The van der Waals surface area contributed by atoms with E-state index in [1.165, 1.54) is 77.6 Å². The molecule has 0 aliphatic rings. The van der Waals surface area contributed by atoms with E-state index >= 15 is 0 Å². The average Bonchev–Trinajstić information content (AvgIpc) is 2.46. The zero-order valence-corrected chi connectivity index (χ0v) is 14.3. The normalized spacial score (nSPS) is 10.8. The summed E-state index contributed by atoms with van der Waals surface area (Å²) >= 11 is 0. The van der Waals surface area contributed by atoms with E-state index in [4.69, 9.17) is 9.47 Å². The minimum absolute atomic E-state index is 0.232. The fourth-order valence-corrected chi connectivity index (χ4v) is 2.39. The number of carbonyl (C=O) groups excluding carboxylic acids is 1. The highest BCUT2D eigenvalue weighted by Crippen LogP contribution is 2.11. The molecule has 21 heavy (non-hydrogen) atoms. The lowest BCUT2D eigenvalue weighted by Crippen LogP contribution is -2.08. The highest BCUT2D eigenvalue weighted by Gasteiger charge is 1.95. The lowest BCUT2D eigenvalue weighted by Gasteiger charge is -2.05. The van der Waals surface area contributed by atoms with Crippen LogP contribution in [0.3, 0.4) is 0 Å². The van der Waals surface area contributed by atoms with Crippen molar-refractivity contribution < 1.29 is 14.3 Å². The van der Waals surface area contributed by atoms with Crippen LogP contribution in [-0.4, -0.2) is 25.8 Å². The summed E-state index contributed by atoms with van der Waals surface area (Å²) in [6, 6.07) is 0. The number of carbonyl (C=O) groups is 1. The van der Waals surface area contributed by atoms with Crippen molar-refractivity contribution in [2.75, 3.05) is 19.8 Å². The number of ether oxygens (including phenoxy) is 2. The van der Waals surface area contributed by atoms with E-state index in [9.17, 15) is 4.79 Å². The maximum Gasteiger partial charge on any atom is 0.302 e. The Morgan fingerprint density at radius 1 is 0.667 bits per heavy atom. The van der Waals surface area contributed by atoms with E-state index in [2.05, 4.69) is 6.92 Å². The van der Waals surface area contributed by atoms with Gasteiger partial charge in [0.25, 0.3) is 0 Å². The number of hydrogen-bond donors (Lipinski definition) is 0. The largest absolute Gasteiger partial charge is 0.463 e. The zero-order valence-electron chi connectivity index (χ0n) is 14.3. The molecule has 0 bridgehead atoms. The van der Waals surface area contributed by atoms with E-state index in [0.29, 0.717) is 13.2 Å². The smallest absolute Gasteiger partial charge is 0.302 e. The first-order valence-corrected chi connectivity index (χ1v) is 8.98. The SMILES string of the molecule is CCCCCCCCCCCCCCOCCOC(C)=O. The van der Waals surface area contributed by atoms with Gasteiger partial charge in [-0.1, -0.05) is 77.6 Å². The van der Waals surface area contributed by atoms with E-state index in [0.717, 1.165) is 13.0 Å². The third-order valence-electron chi connectivity index (χ3n) is 3.68. The standard InChI is InChI=1S/C18H36O3/c1-3-4-5-6-7-8-9-10-11-12-13-14-15-20-16-17-21-18(2)19/h3-17H2,1-2H3. The molecular weight excluding hydrogens is 264 g/mol. The summed E-state index contributed by atoms with van der Waals surface area (Å²) in [6.45, 7) is 5.39. The van der Waals surface area contributed by atoms with Crippen LogP contribution in [0.2, 0.25) is 0 Å². The Bertz CT molecular complexity index is 217. The summed E-state index contributed by atoms with van der Waals surface area (Å²) in [5.41, 5.74) is 0. The molecule has 0 aromatic carbocycles. The first-order chi connectivity index (χ1) is 10.3. The highest BCUT2D eigenvalue weighted by atomic mass is 16.6. The minimum Gasteiger partial charge on any atom is -0.463 e. The van der Waals surface area contributed by atoms with Crippen LogP contribution in [0, 0.1) is 0 Å². The van der Waals surface area contributed by atoms with Gasteiger partial charge in [-0.05, 0) is 6.42 Å². The van der Waals surface area contributed by atoms with Gasteiger partial charge in [0.1, 0.15) is 6.61 Å². The summed E-state index contributed by atoms with van der Waals surface area (Å²) < 4.78 is 10.2. The number of hydrogen-bond acceptors (Lipinski definition) is 3. The lowest BCUT2D eigenvalue weighted by atomic mass is 10.1. The molecule has 0 amide bonds. The number of rotatable bonds is 16. The second-order valence-electron chi connectivity index (χ2n) is 5.84. The lowest BCUT2D eigenvalue weighted by molar-refractivity contribution is -0.142. The van der Waals surface area contributed by atoms with E-state index in [1.807, 2.05) is 0 Å². The molecule has 3 nitrogen and oxygen atoms in total. The molecule has 0 aromatic heterocycles. The second kappa shape index (κ2) is 17.5. The molecule has 0 aromatic rings. The predicted octanol–water partition coefficient (Wildman–Crippen LogP) is 5.27. The van der Waals surface area contributed by atoms with Gasteiger partial charge in [-0.15, -0.1) is 0 Å².